The van der Waals surface area contributed by atoms with Crippen molar-refractivity contribution in [3.8, 4) is 11.5 Å². The molecule has 0 spiro atoms. The first-order valence-corrected chi connectivity index (χ1v) is 8.91. The van der Waals surface area contributed by atoms with Crippen LogP contribution in [0.25, 0.3) is 0 Å². The highest BCUT2D eigenvalue weighted by Gasteiger charge is 2.51. The Kier molecular flexibility index (Phi) is 4.99. The maximum Gasteiger partial charge on any atom is 0.217 e. The number of ether oxygens (including phenoxy) is 2. The number of carbonyl (C=O) groups is 1. The number of methoxy groups -OCH3 is 1. The highest BCUT2D eigenvalue weighted by atomic mass is 16.5. The van der Waals surface area contributed by atoms with Gasteiger partial charge in [0.1, 0.15) is 6.10 Å². The molecule has 6 nitrogen and oxygen atoms in total. The number of aliphatic hydroxyl groups excluding tert-OH is 1. The minimum atomic E-state index is -0.739. The molecule has 1 aliphatic carbocycles. The van der Waals surface area contributed by atoms with Crippen LogP contribution in [0.1, 0.15) is 45.3 Å². The third-order valence-corrected chi connectivity index (χ3v) is 5.68. The molecule has 1 fully saturated rings. The van der Waals surface area contributed by atoms with E-state index in [1.54, 1.807) is 18.2 Å². The first-order valence-electron chi connectivity index (χ1n) is 8.91. The van der Waals surface area contributed by atoms with E-state index in [4.69, 9.17) is 9.47 Å². The van der Waals surface area contributed by atoms with Crippen LogP contribution in [0.4, 0.5) is 0 Å². The number of aliphatic hydroxyl groups is 1. The molecule has 0 radical (unpaired) electrons. The Morgan fingerprint density at radius 1 is 1.42 bits per heavy atom. The first-order chi connectivity index (χ1) is 12.3. The van der Waals surface area contributed by atoms with Gasteiger partial charge in [-0.05, 0) is 31.9 Å². The molecule has 6 heteroatoms. The van der Waals surface area contributed by atoms with Crippen LogP contribution in [0, 0.1) is 5.92 Å². The number of fused-ring (bicyclic) bond motifs is 1. The van der Waals surface area contributed by atoms with E-state index in [1.165, 1.54) is 14.0 Å². The summed E-state index contributed by atoms with van der Waals surface area (Å²) in [6.07, 6.45) is 1.57. The summed E-state index contributed by atoms with van der Waals surface area (Å²) in [7, 11) is 1.50. The van der Waals surface area contributed by atoms with Gasteiger partial charge in [0.2, 0.25) is 5.91 Å². The number of phenols is 1. The molecule has 1 heterocycles. The lowest BCUT2D eigenvalue weighted by atomic mass is 9.68. The van der Waals surface area contributed by atoms with Gasteiger partial charge in [-0.1, -0.05) is 18.2 Å². The summed E-state index contributed by atoms with van der Waals surface area (Å²) in [6.45, 7) is 5.36. The van der Waals surface area contributed by atoms with Crippen molar-refractivity contribution in [3.63, 3.8) is 0 Å². The normalized spacial score (nSPS) is 33.8. The average molecular weight is 361 g/mol. The van der Waals surface area contributed by atoms with E-state index in [9.17, 15) is 15.0 Å². The Labute approximate surface area is 153 Å². The molecule has 0 unspecified atom stereocenters. The van der Waals surface area contributed by atoms with Crippen LogP contribution < -0.4 is 10.1 Å². The van der Waals surface area contributed by atoms with Crippen molar-refractivity contribution in [2.75, 3.05) is 7.11 Å². The number of benzene rings is 1. The first kappa shape index (κ1) is 18.7. The van der Waals surface area contributed by atoms with Gasteiger partial charge in [-0.3, -0.25) is 4.79 Å². The number of rotatable bonds is 3. The number of carbonyl (C=O) groups excluding carboxylic acids is 1. The van der Waals surface area contributed by atoms with E-state index >= 15 is 0 Å². The Bertz CT molecular complexity index is 731. The van der Waals surface area contributed by atoms with Gasteiger partial charge in [-0.25, -0.2) is 0 Å². The Morgan fingerprint density at radius 2 is 2.15 bits per heavy atom. The SMILES string of the molecule is COc1cccc([C@@H]2C[C@](C)(NC(C)=O)[C@@H]3CC=C(C)[C@@H](O)[C@@H]3O2)c1O. The van der Waals surface area contributed by atoms with Crippen molar-refractivity contribution in [2.45, 2.75) is 57.5 Å². The van der Waals surface area contributed by atoms with E-state index in [0.717, 1.165) is 12.0 Å². The minimum Gasteiger partial charge on any atom is -0.504 e. The molecule has 1 amide bonds. The number of phenolic OH excluding ortho intramolecular Hbond substituents is 1. The number of hydrogen-bond acceptors (Lipinski definition) is 5. The van der Waals surface area contributed by atoms with Crippen LogP contribution in [-0.2, 0) is 9.53 Å². The fraction of sp³-hybridized carbons (Fsp3) is 0.550. The average Bonchev–Trinajstić information content (AvgIpc) is 2.57. The molecule has 1 saturated heterocycles. The number of amides is 1. The Hall–Kier alpha value is -2.05. The molecular formula is C20H27NO5. The van der Waals surface area contributed by atoms with Gasteiger partial charge in [0, 0.05) is 30.4 Å². The molecular weight excluding hydrogens is 334 g/mol. The summed E-state index contributed by atoms with van der Waals surface area (Å²) in [5, 5.41) is 24.3. The zero-order valence-corrected chi connectivity index (χ0v) is 15.7. The standard InChI is InChI=1S/C20H27NO5/c1-11-8-9-14-19(17(11)23)26-16(10-20(14,3)21-12(2)22)13-6-5-7-15(25-4)18(13)24/h5-8,14,16-17,19,23-24H,9-10H2,1-4H3,(H,21,22)/t14-,16+,17-,19-,20+/m1/s1. The molecule has 142 valence electrons. The molecule has 5 atom stereocenters. The monoisotopic (exact) mass is 361 g/mol. The minimum absolute atomic E-state index is 0.0289. The molecule has 26 heavy (non-hydrogen) atoms. The van der Waals surface area contributed by atoms with Crippen LogP contribution in [0.15, 0.2) is 29.8 Å². The van der Waals surface area contributed by atoms with Crippen LogP contribution >= 0.6 is 0 Å². The molecule has 3 N–H and O–H groups in total. The Balaban J connectivity index is 2.02. The van der Waals surface area contributed by atoms with Gasteiger partial charge in [-0.2, -0.15) is 0 Å². The third kappa shape index (κ3) is 3.19. The van der Waals surface area contributed by atoms with Gasteiger partial charge in [0.15, 0.2) is 11.5 Å². The van der Waals surface area contributed by atoms with Crippen molar-refractivity contribution in [2.24, 2.45) is 5.92 Å². The summed E-state index contributed by atoms with van der Waals surface area (Å²) in [5.74, 6) is 0.229. The summed E-state index contributed by atoms with van der Waals surface area (Å²) >= 11 is 0. The largest absolute Gasteiger partial charge is 0.504 e. The molecule has 2 aliphatic rings. The maximum absolute atomic E-state index is 11.8. The fourth-order valence-electron chi connectivity index (χ4n) is 4.31. The molecule has 0 bridgehead atoms. The molecule has 1 aliphatic heterocycles. The molecule has 0 saturated carbocycles. The predicted molar refractivity (Wildman–Crippen MR) is 97.0 cm³/mol. The maximum atomic E-state index is 11.8. The van der Waals surface area contributed by atoms with E-state index in [2.05, 4.69) is 5.32 Å². The lowest BCUT2D eigenvalue weighted by Gasteiger charge is -2.52. The third-order valence-electron chi connectivity index (χ3n) is 5.68. The number of nitrogens with one attached hydrogen (secondary N) is 1. The van der Waals surface area contributed by atoms with Crippen LogP contribution in [0.5, 0.6) is 11.5 Å². The van der Waals surface area contributed by atoms with Gasteiger partial charge in [-0.15, -0.1) is 0 Å². The van der Waals surface area contributed by atoms with Crippen LogP contribution in [0.3, 0.4) is 0 Å². The van der Waals surface area contributed by atoms with Gasteiger partial charge < -0.3 is 25.0 Å². The highest BCUT2D eigenvalue weighted by Crippen LogP contribution is 2.48. The highest BCUT2D eigenvalue weighted by molar-refractivity contribution is 5.74. The van der Waals surface area contributed by atoms with E-state index in [0.29, 0.717) is 17.7 Å². The number of aromatic hydroxyl groups is 1. The molecule has 1 aromatic rings. The lowest BCUT2D eigenvalue weighted by Crippen LogP contribution is -2.62. The van der Waals surface area contributed by atoms with E-state index in [-0.39, 0.29) is 17.6 Å². The molecule has 1 aromatic carbocycles. The number of para-hydroxylation sites is 1. The lowest BCUT2D eigenvalue weighted by molar-refractivity contribution is -0.165. The smallest absolute Gasteiger partial charge is 0.217 e. The summed E-state index contributed by atoms with van der Waals surface area (Å²) < 4.78 is 11.5. The summed E-state index contributed by atoms with van der Waals surface area (Å²) in [5.41, 5.74) is 0.901. The van der Waals surface area contributed by atoms with Gasteiger partial charge >= 0.3 is 0 Å². The van der Waals surface area contributed by atoms with Crippen molar-refractivity contribution in [1.82, 2.24) is 5.32 Å². The van der Waals surface area contributed by atoms with Crippen molar-refractivity contribution < 1.29 is 24.5 Å². The van der Waals surface area contributed by atoms with Crippen molar-refractivity contribution in [1.29, 1.82) is 0 Å². The van der Waals surface area contributed by atoms with Crippen molar-refractivity contribution >= 4 is 5.91 Å². The topological polar surface area (TPSA) is 88.0 Å². The second-order valence-corrected chi connectivity index (χ2v) is 7.53. The zero-order chi connectivity index (χ0) is 19.1. The van der Waals surface area contributed by atoms with E-state index in [1.807, 2.05) is 19.9 Å². The van der Waals surface area contributed by atoms with E-state index < -0.39 is 23.9 Å². The number of allylic oxidation sites excluding steroid dienone is 1. The van der Waals surface area contributed by atoms with Gasteiger partial charge in [0.25, 0.3) is 0 Å². The Morgan fingerprint density at radius 3 is 2.81 bits per heavy atom. The van der Waals surface area contributed by atoms with Crippen LogP contribution in [-0.4, -0.2) is 41.0 Å². The second-order valence-electron chi connectivity index (χ2n) is 7.53. The zero-order valence-electron chi connectivity index (χ0n) is 15.7. The predicted octanol–water partition coefficient (Wildman–Crippen LogP) is 2.45. The fourth-order valence-corrected chi connectivity index (χ4v) is 4.31. The summed E-state index contributed by atoms with van der Waals surface area (Å²) in [6, 6.07) is 5.26. The molecule has 3 rings (SSSR count). The quantitative estimate of drug-likeness (QED) is 0.720. The summed E-state index contributed by atoms with van der Waals surface area (Å²) in [4.78, 5) is 11.8. The van der Waals surface area contributed by atoms with Gasteiger partial charge in [0.05, 0.1) is 19.3 Å². The molecule has 0 aromatic heterocycles. The van der Waals surface area contributed by atoms with Crippen LogP contribution in [0.2, 0.25) is 0 Å². The van der Waals surface area contributed by atoms with Crippen molar-refractivity contribution in [3.05, 3.63) is 35.4 Å². The number of hydrogen-bond donors (Lipinski definition) is 3. The second kappa shape index (κ2) is 6.93.